The summed E-state index contributed by atoms with van der Waals surface area (Å²) < 4.78 is 5.21. The maximum atomic E-state index is 13.4. The largest absolute Gasteiger partial charge is 0.497 e. The molecule has 31 heavy (non-hydrogen) atoms. The smallest absolute Gasteiger partial charge is 0.228 e. The number of rotatable bonds is 5. The summed E-state index contributed by atoms with van der Waals surface area (Å²) in [6.45, 7) is 0. The van der Waals surface area contributed by atoms with E-state index in [9.17, 15) is 9.59 Å². The Balaban J connectivity index is 1.47. The maximum absolute atomic E-state index is 13.4. The third kappa shape index (κ3) is 3.32. The highest BCUT2D eigenvalue weighted by Crippen LogP contribution is 2.49. The van der Waals surface area contributed by atoms with Crippen molar-refractivity contribution < 1.29 is 14.3 Å². The monoisotopic (exact) mass is 409 g/mol. The number of anilines is 1. The van der Waals surface area contributed by atoms with Gasteiger partial charge in [0.25, 0.3) is 0 Å². The van der Waals surface area contributed by atoms with Gasteiger partial charge in [0.2, 0.25) is 5.91 Å². The molecule has 3 aromatic carbocycles. The minimum absolute atomic E-state index is 0.147. The number of nitrogens with zero attached hydrogens (tertiary/aromatic N) is 2. The zero-order chi connectivity index (χ0) is 21.4. The van der Waals surface area contributed by atoms with E-state index in [1.165, 1.54) is 0 Å². The number of ketones is 1. The summed E-state index contributed by atoms with van der Waals surface area (Å²) in [7, 11) is 1.60. The summed E-state index contributed by atoms with van der Waals surface area (Å²) >= 11 is 0. The molecule has 5 rings (SSSR count). The molecule has 1 unspecified atom stereocenters. The number of hydrogen-bond donors (Lipinski definition) is 1. The molecule has 0 bridgehead atoms. The summed E-state index contributed by atoms with van der Waals surface area (Å²) in [6, 6.07) is 21.9. The molecule has 0 saturated heterocycles. The Morgan fingerprint density at radius 3 is 2.52 bits per heavy atom. The summed E-state index contributed by atoms with van der Waals surface area (Å²) in [5.41, 5.74) is 4.60. The van der Waals surface area contributed by atoms with Crippen molar-refractivity contribution in [3.63, 3.8) is 0 Å². The molecule has 0 aromatic heterocycles. The Labute approximate surface area is 179 Å². The van der Waals surface area contributed by atoms with Crippen LogP contribution in [0, 0.1) is 0 Å². The first-order valence-electron chi connectivity index (χ1n) is 9.96. The van der Waals surface area contributed by atoms with Crippen molar-refractivity contribution in [2.24, 2.45) is 10.2 Å². The van der Waals surface area contributed by atoms with Crippen molar-refractivity contribution in [1.29, 1.82) is 0 Å². The Morgan fingerprint density at radius 2 is 1.77 bits per heavy atom. The van der Waals surface area contributed by atoms with Crippen molar-refractivity contribution >= 4 is 23.1 Å². The van der Waals surface area contributed by atoms with Gasteiger partial charge < -0.3 is 10.1 Å². The van der Waals surface area contributed by atoms with Crippen molar-refractivity contribution in [2.45, 2.75) is 12.5 Å². The van der Waals surface area contributed by atoms with E-state index in [4.69, 9.17) is 4.74 Å². The number of hydrogen-bond acceptors (Lipinski definition) is 5. The molecule has 1 aliphatic heterocycles. The highest BCUT2D eigenvalue weighted by Gasteiger charge is 2.42. The van der Waals surface area contributed by atoms with Crippen molar-refractivity contribution in [1.82, 2.24) is 0 Å². The van der Waals surface area contributed by atoms with Crippen LogP contribution in [0.2, 0.25) is 0 Å². The fourth-order valence-electron chi connectivity index (χ4n) is 4.03. The summed E-state index contributed by atoms with van der Waals surface area (Å²) in [4.78, 5) is 26.0. The molecule has 3 aromatic rings. The molecule has 0 spiro atoms. The lowest BCUT2D eigenvalue weighted by Gasteiger charge is -2.10. The van der Waals surface area contributed by atoms with E-state index in [-0.39, 0.29) is 18.1 Å². The predicted octanol–water partition coefficient (Wildman–Crippen LogP) is 4.99. The van der Waals surface area contributed by atoms with Gasteiger partial charge in [-0.15, -0.1) is 0 Å². The van der Waals surface area contributed by atoms with Crippen molar-refractivity contribution in [3.05, 3.63) is 101 Å². The van der Waals surface area contributed by atoms with E-state index >= 15 is 0 Å². The second kappa shape index (κ2) is 7.65. The van der Waals surface area contributed by atoms with Crippen LogP contribution in [0.15, 0.2) is 88.6 Å². The Morgan fingerprint density at radius 1 is 1.00 bits per heavy atom. The molecule has 1 aliphatic carbocycles. The van der Waals surface area contributed by atoms with Gasteiger partial charge >= 0.3 is 0 Å². The number of Topliss-reactive ketones (excluding diaryl/α,β-unsaturated/α-hetero) is 1. The van der Waals surface area contributed by atoms with Gasteiger partial charge in [-0.3, -0.25) is 9.59 Å². The maximum Gasteiger partial charge on any atom is 0.228 e. The quantitative estimate of drug-likeness (QED) is 0.645. The number of methoxy groups -OCH3 is 1. The molecule has 152 valence electrons. The van der Waals surface area contributed by atoms with Crippen LogP contribution in [-0.2, 0) is 11.2 Å². The Kier molecular flexibility index (Phi) is 4.67. The van der Waals surface area contributed by atoms with Gasteiger partial charge in [0.05, 0.1) is 30.4 Å². The van der Waals surface area contributed by atoms with Gasteiger partial charge in [0, 0.05) is 5.56 Å². The first-order valence-corrected chi connectivity index (χ1v) is 9.96. The van der Waals surface area contributed by atoms with Crippen LogP contribution in [0.1, 0.15) is 33.1 Å². The molecule has 1 heterocycles. The minimum Gasteiger partial charge on any atom is -0.497 e. The second-order valence-corrected chi connectivity index (χ2v) is 7.42. The van der Waals surface area contributed by atoms with E-state index in [0.717, 1.165) is 22.4 Å². The zero-order valence-corrected chi connectivity index (χ0v) is 16.8. The number of benzene rings is 3. The van der Waals surface area contributed by atoms with Gasteiger partial charge in [0.1, 0.15) is 17.5 Å². The molecule has 6 heteroatoms. The lowest BCUT2D eigenvalue weighted by Crippen LogP contribution is -2.16. The zero-order valence-electron chi connectivity index (χ0n) is 16.8. The van der Waals surface area contributed by atoms with Gasteiger partial charge in [-0.25, -0.2) is 0 Å². The normalized spacial score (nSPS) is 16.3. The van der Waals surface area contributed by atoms with Crippen LogP contribution in [-0.4, -0.2) is 18.8 Å². The van der Waals surface area contributed by atoms with E-state index in [2.05, 4.69) is 15.5 Å². The van der Waals surface area contributed by atoms with Crippen LogP contribution < -0.4 is 10.1 Å². The third-order valence-electron chi connectivity index (χ3n) is 5.51. The van der Waals surface area contributed by atoms with E-state index in [1.807, 2.05) is 66.7 Å². The lowest BCUT2D eigenvalue weighted by molar-refractivity contribution is -0.115. The third-order valence-corrected chi connectivity index (χ3v) is 5.51. The molecule has 1 amide bonds. The molecule has 0 saturated carbocycles. The molecule has 0 radical (unpaired) electrons. The number of azo groups is 1. The topological polar surface area (TPSA) is 80.1 Å². The predicted molar refractivity (Wildman–Crippen MR) is 117 cm³/mol. The van der Waals surface area contributed by atoms with Gasteiger partial charge in [-0.05, 0) is 41.5 Å². The first-order chi connectivity index (χ1) is 15.2. The van der Waals surface area contributed by atoms with E-state index < -0.39 is 6.04 Å². The number of carbonyl (C=O) groups excluding carboxylic acids is 2. The highest BCUT2D eigenvalue weighted by atomic mass is 16.5. The molecular formula is C25H19N3O3. The van der Waals surface area contributed by atoms with Gasteiger partial charge in [-0.2, -0.15) is 10.2 Å². The number of nitrogens with one attached hydrogen (secondary N) is 1. The van der Waals surface area contributed by atoms with Crippen molar-refractivity contribution in [3.8, 4) is 5.75 Å². The SMILES string of the molecule is COc1ccc(C2=C3C(=O)c4c(NC(=O)Cc5ccccc5)cccc4C3N=N2)cc1. The van der Waals surface area contributed by atoms with E-state index in [1.54, 1.807) is 13.2 Å². The fourth-order valence-corrected chi connectivity index (χ4v) is 4.03. The van der Waals surface area contributed by atoms with E-state index in [0.29, 0.717) is 22.5 Å². The lowest BCUT2D eigenvalue weighted by atomic mass is 10.0. The Bertz CT molecular complexity index is 1240. The fraction of sp³-hybridized carbons (Fsp3) is 0.120. The summed E-state index contributed by atoms with van der Waals surface area (Å²) in [5.74, 6) is 0.409. The van der Waals surface area contributed by atoms with Crippen molar-refractivity contribution in [2.75, 3.05) is 12.4 Å². The second-order valence-electron chi connectivity index (χ2n) is 7.42. The number of amides is 1. The minimum atomic E-state index is -0.439. The molecule has 1 atom stereocenters. The number of fused-ring (bicyclic) bond motifs is 3. The van der Waals surface area contributed by atoms with Crippen LogP contribution in [0.4, 0.5) is 5.69 Å². The van der Waals surface area contributed by atoms with Crippen LogP contribution in [0.5, 0.6) is 5.75 Å². The molecule has 0 fully saturated rings. The summed E-state index contributed by atoms with van der Waals surface area (Å²) in [6.07, 6.45) is 0.238. The van der Waals surface area contributed by atoms with Gasteiger partial charge in [-0.1, -0.05) is 42.5 Å². The van der Waals surface area contributed by atoms with Crippen LogP contribution in [0.3, 0.4) is 0 Å². The van der Waals surface area contributed by atoms with Gasteiger partial charge in [0.15, 0.2) is 5.78 Å². The highest BCUT2D eigenvalue weighted by molar-refractivity contribution is 6.22. The average molecular weight is 409 g/mol. The summed E-state index contributed by atoms with van der Waals surface area (Å²) in [5, 5.41) is 11.6. The number of carbonyl (C=O) groups is 2. The standard InChI is InChI=1S/C25H19N3O3/c1-31-17-12-10-16(11-13-17)23-22-24(28-27-23)18-8-5-9-19(21(18)25(22)30)26-20(29)14-15-6-3-2-4-7-15/h2-13,24H,14H2,1H3,(H,26,29). The average Bonchev–Trinajstić information content (AvgIpc) is 3.35. The molecular weight excluding hydrogens is 390 g/mol. The number of ether oxygens (including phenoxy) is 1. The molecule has 1 N–H and O–H groups in total. The molecule has 6 nitrogen and oxygen atoms in total. The first kappa shape index (κ1) is 18.9. The van der Waals surface area contributed by atoms with Crippen LogP contribution in [0.25, 0.3) is 5.70 Å². The van der Waals surface area contributed by atoms with Crippen LogP contribution >= 0.6 is 0 Å². The molecule has 2 aliphatic rings. The Hall–Kier alpha value is -4.06.